The Kier molecular flexibility index (Phi) is 6.84. The average Bonchev–Trinajstić information content (AvgIpc) is 2.42. The Morgan fingerprint density at radius 1 is 1.19 bits per heavy atom. The van der Waals surface area contributed by atoms with Gasteiger partial charge in [-0.25, -0.2) is 13.1 Å². The molecule has 0 aliphatic heterocycles. The molecule has 0 aromatic heterocycles. The van der Waals surface area contributed by atoms with Gasteiger partial charge in [0.1, 0.15) is 6.04 Å². The van der Waals surface area contributed by atoms with E-state index >= 15 is 0 Å². The van der Waals surface area contributed by atoms with E-state index in [-0.39, 0.29) is 18.1 Å². The third-order valence-corrected chi connectivity index (χ3v) is 4.57. The molecule has 0 fully saturated rings. The second kappa shape index (κ2) is 8.14. The molecule has 6 heteroatoms. The van der Waals surface area contributed by atoms with Crippen LogP contribution in [0.1, 0.15) is 32.3 Å². The van der Waals surface area contributed by atoms with Crippen LogP contribution >= 0.6 is 0 Å². The fraction of sp³-hybridized carbons (Fsp3) is 0.533. The van der Waals surface area contributed by atoms with E-state index in [0.717, 1.165) is 5.56 Å². The molecule has 0 unspecified atom stereocenters. The van der Waals surface area contributed by atoms with Crippen LogP contribution in [0.3, 0.4) is 0 Å². The van der Waals surface area contributed by atoms with Gasteiger partial charge in [0.25, 0.3) is 0 Å². The zero-order chi connectivity index (χ0) is 15.9. The van der Waals surface area contributed by atoms with Crippen molar-refractivity contribution in [1.29, 1.82) is 0 Å². The van der Waals surface area contributed by atoms with Gasteiger partial charge < -0.3 is 5.11 Å². The maximum Gasteiger partial charge on any atom is 0.321 e. The van der Waals surface area contributed by atoms with E-state index in [1.807, 2.05) is 44.2 Å². The van der Waals surface area contributed by atoms with Crippen LogP contribution in [0.4, 0.5) is 0 Å². The zero-order valence-electron chi connectivity index (χ0n) is 12.5. The lowest BCUT2D eigenvalue weighted by Gasteiger charge is -2.15. The first-order valence-electron chi connectivity index (χ1n) is 7.07. The van der Waals surface area contributed by atoms with Crippen molar-refractivity contribution in [3.05, 3.63) is 35.9 Å². The van der Waals surface area contributed by atoms with E-state index in [1.165, 1.54) is 0 Å². The molecule has 1 rings (SSSR count). The van der Waals surface area contributed by atoms with Gasteiger partial charge in [0, 0.05) is 0 Å². The fourth-order valence-corrected chi connectivity index (χ4v) is 3.41. The summed E-state index contributed by atoms with van der Waals surface area (Å²) in [7, 11) is -3.56. The lowest BCUT2D eigenvalue weighted by atomic mass is 10.1. The minimum absolute atomic E-state index is 0.0419. The van der Waals surface area contributed by atoms with Crippen LogP contribution in [0.15, 0.2) is 30.3 Å². The van der Waals surface area contributed by atoms with Crippen molar-refractivity contribution in [3.63, 3.8) is 0 Å². The van der Waals surface area contributed by atoms with E-state index in [4.69, 9.17) is 5.11 Å². The number of carboxylic acids is 1. The van der Waals surface area contributed by atoms with Crippen molar-refractivity contribution >= 4 is 16.0 Å². The summed E-state index contributed by atoms with van der Waals surface area (Å²) in [4.78, 5) is 11.2. The summed E-state index contributed by atoms with van der Waals surface area (Å²) >= 11 is 0. The minimum atomic E-state index is -3.56. The molecule has 5 nitrogen and oxygen atoms in total. The monoisotopic (exact) mass is 313 g/mol. The van der Waals surface area contributed by atoms with Gasteiger partial charge in [-0.2, -0.15) is 0 Å². The molecular formula is C15H23NO4S. The summed E-state index contributed by atoms with van der Waals surface area (Å²) in [6, 6.07) is 8.34. The first-order chi connectivity index (χ1) is 9.80. The normalized spacial score (nSPS) is 13.3. The molecule has 0 bridgehead atoms. The maximum absolute atomic E-state index is 11.9. The molecule has 2 N–H and O–H groups in total. The third kappa shape index (κ3) is 7.24. The summed E-state index contributed by atoms with van der Waals surface area (Å²) in [6.45, 7) is 3.86. The van der Waals surface area contributed by atoms with Crippen molar-refractivity contribution < 1.29 is 18.3 Å². The van der Waals surface area contributed by atoms with Gasteiger partial charge in [-0.15, -0.1) is 0 Å². The molecule has 1 aromatic rings. The molecule has 0 aliphatic rings. The van der Waals surface area contributed by atoms with Crippen molar-refractivity contribution in [2.75, 3.05) is 5.75 Å². The van der Waals surface area contributed by atoms with Crippen LogP contribution in [0.2, 0.25) is 0 Å². The highest BCUT2D eigenvalue weighted by molar-refractivity contribution is 7.89. The van der Waals surface area contributed by atoms with Crippen molar-refractivity contribution in [3.8, 4) is 0 Å². The number of hydrogen-bond donors (Lipinski definition) is 2. The topological polar surface area (TPSA) is 83.5 Å². The van der Waals surface area contributed by atoms with Crippen LogP contribution in [0.5, 0.6) is 0 Å². The number of aliphatic carboxylic acids is 1. The molecular weight excluding hydrogens is 290 g/mol. The van der Waals surface area contributed by atoms with Crippen LogP contribution in [0, 0.1) is 5.92 Å². The van der Waals surface area contributed by atoms with Crippen LogP contribution in [0.25, 0.3) is 0 Å². The standard InChI is InChI=1S/C15H23NO4S/c1-12(2)10-11-21(19,20)16-14(15(17)18)9-8-13-6-4-3-5-7-13/h3-7,12,14,16H,8-11H2,1-2H3,(H,17,18)/t14-/m0/s1. The molecule has 0 aliphatic carbocycles. The molecule has 0 saturated heterocycles. The minimum Gasteiger partial charge on any atom is -0.480 e. The number of sulfonamides is 1. The molecule has 0 radical (unpaired) electrons. The average molecular weight is 313 g/mol. The number of benzene rings is 1. The van der Waals surface area contributed by atoms with Crippen LogP contribution < -0.4 is 4.72 Å². The number of aryl methyl sites for hydroxylation is 1. The number of nitrogens with one attached hydrogen (secondary N) is 1. The molecule has 21 heavy (non-hydrogen) atoms. The highest BCUT2D eigenvalue weighted by atomic mass is 32.2. The fourth-order valence-electron chi connectivity index (χ4n) is 1.86. The lowest BCUT2D eigenvalue weighted by molar-refractivity contribution is -0.139. The number of rotatable bonds is 9. The number of carbonyl (C=O) groups is 1. The van der Waals surface area contributed by atoms with Crippen molar-refractivity contribution in [2.24, 2.45) is 5.92 Å². The van der Waals surface area contributed by atoms with Crippen LogP contribution in [-0.4, -0.2) is 31.3 Å². The van der Waals surface area contributed by atoms with E-state index in [0.29, 0.717) is 12.8 Å². The number of hydrogen-bond acceptors (Lipinski definition) is 3. The molecule has 0 saturated carbocycles. The summed E-state index contributed by atoms with van der Waals surface area (Å²) in [5, 5.41) is 9.17. The number of carboxylic acid groups (broad SMARTS) is 1. The Morgan fingerprint density at radius 2 is 1.81 bits per heavy atom. The largest absolute Gasteiger partial charge is 0.480 e. The Hall–Kier alpha value is -1.40. The second-order valence-electron chi connectivity index (χ2n) is 5.53. The highest BCUT2D eigenvalue weighted by Crippen LogP contribution is 2.08. The van der Waals surface area contributed by atoms with Gasteiger partial charge in [0.2, 0.25) is 10.0 Å². The summed E-state index contributed by atoms with van der Waals surface area (Å²) in [5.41, 5.74) is 0.991. The molecule has 0 heterocycles. The van der Waals surface area contributed by atoms with E-state index in [1.54, 1.807) is 0 Å². The van der Waals surface area contributed by atoms with Crippen molar-refractivity contribution in [1.82, 2.24) is 4.72 Å². The van der Waals surface area contributed by atoms with Gasteiger partial charge in [-0.1, -0.05) is 44.2 Å². The first kappa shape index (κ1) is 17.7. The molecule has 0 spiro atoms. The molecule has 0 amide bonds. The predicted octanol–water partition coefficient (Wildman–Crippen LogP) is 2.04. The lowest BCUT2D eigenvalue weighted by Crippen LogP contribution is -2.42. The zero-order valence-corrected chi connectivity index (χ0v) is 13.3. The summed E-state index contributed by atoms with van der Waals surface area (Å²) < 4.78 is 26.1. The Bertz CT molecular complexity index is 540. The molecule has 118 valence electrons. The van der Waals surface area contributed by atoms with Gasteiger partial charge in [-0.3, -0.25) is 4.79 Å². The van der Waals surface area contributed by atoms with Gasteiger partial charge in [0.05, 0.1) is 5.75 Å². The van der Waals surface area contributed by atoms with Gasteiger partial charge >= 0.3 is 5.97 Å². The third-order valence-electron chi connectivity index (χ3n) is 3.15. The first-order valence-corrected chi connectivity index (χ1v) is 8.72. The highest BCUT2D eigenvalue weighted by Gasteiger charge is 2.23. The maximum atomic E-state index is 11.9. The second-order valence-corrected chi connectivity index (χ2v) is 7.41. The Morgan fingerprint density at radius 3 is 2.33 bits per heavy atom. The van der Waals surface area contributed by atoms with Crippen molar-refractivity contribution in [2.45, 2.75) is 39.2 Å². The quantitative estimate of drug-likeness (QED) is 0.731. The smallest absolute Gasteiger partial charge is 0.321 e. The summed E-state index contributed by atoms with van der Waals surface area (Å²) in [6.07, 6.45) is 1.27. The Balaban J connectivity index is 2.59. The summed E-state index contributed by atoms with van der Waals surface area (Å²) in [5.74, 6) is -0.923. The van der Waals surface area contributed by atoms with E-state index < -0.39 is 22.0 Å². The van der Waals surface area contributed by atoms with Gasteiger partial charge in [-0.05, 0) is 30.7 Å². The SMILES string of the molecule is CC(C)CCS(=O)(=O)N[C@@H](CCc1ccccc1)C(=O)O. The van der Waals surface area contributed by atoms with Gasteiger partial charge in [0.15, 0.2) is 0 Å². The van der Waals surface area contributed by atoms with E-state index in [2.05, 4.69) is 4.72 Å². The predicted molar refractivity (Wildman–Crippen MR) is 82.6 cm³/mol. The van der Waals surface area contributed by atoms with Crippen LogP contribution in [-0.2, 0) is 21.2 Å². The molecule has 1 atom stereocenters. The van der Waals surface area contributed by atoms with E-state index in [9.17, 15) is 13.2 Å². The molecule has 1 aromatic carbocycles. The Labute approximate surface area is 126 Å².